The molecule has 0 amide bonds. The highest BCUT2D eigenvalue weighted by Crippen LogP contribution is 2.36. The van der Waals surface area contributed by atoms with Crippen LogP contribution in [-0.4, -0.2) is 20.8 Å². The number of aliphatic hydroxyl groups is 1. The Morgan fingerprint density at radius 2 is 2.22 bits per heavy atom. The normalized spacial score (nSPS) is 23.2. The number of rotatable bonds is 3. The van der Waals surface area contributed by atoms with Gasteiger partial charge in [-0.15, -0.1) is 0 Å². The Bertz CT molecular complexity index is 570. The quantitative estimate of drug-likeness (QED) is 0.815. The molecule has 96 valence electrons. The summed E-state index contributed by atoms with van der Waals surface area (Å²) >= 11 is 0. The van der Waals surface area contributed by atoms with Gasteiger partial charge in [0, 0.05) is 18.2 Å². The van der Waals surface area contributed by atoms with E-state index >= 15 is 0 Å². The summed E-state index contributed by atoms with van der Waals surface area (Å²) in [5, 5.41) is 9.50. The number of aromatic nitrogens is 2. The number of fused-ring (bicyclic) bond motifs is 1. The third-order valence-corrected chi connectivity index (χ3v) is 3.71. The molecule has 0 bridgehead atoms. The first-order valence-corrected chi connectivity index (χ1v) is 6.63. The SMILES string of the molecule is CCCc1nc2cc(N)ccc2n1C1CC(O)C1. The minimum atomic E-state index is -0.143. The summed E-state index contributed by atoms with van der Waals surface area (Å²) in [5.74, 6) is 1.12. The van der Waals surface area contributed by atoms with Crippen LogP contribution in [-0.2, 0) is 6.42 Å². The van der Waals surface area contributed by atoms with Crippen molar-refractivity contribution in [1.82, 2.24) is 9.55 Å². The van der Waals surface area contributed by atoms with Gasteiger partial charge in [-0.25, -0.2) is 4.98 Å². The van der Waals surface area contributed by atoms with Gasteiger partial charge in [0.15, 0.2) is 0 Å². The molecule has 0 atom stereocenters. The lowest BCUT2D eigenvalue weighted by Crippen LogP contribution is -2.31. The number of imidazole rings is 1. The smallest absolute Gasteiger partial charge is 0.110 e. The van der Waals surface area contributed by atoms with Crippen molar-refractivity contribution in [3.63, 3.8) is 0 Å². The lowest BCUT2D eigenvalue weighted by molar-refractivity contribution is 0.0490. The molecule has 2 aromatic rings. The zero-order valence-electron chi connectivity index (χ0n) is 10.6. The third kappa shape index (κ3) is 1.77. The van der Waals surface area contributed by atoms with Crippen LogP contribution in [0, 0.1) is 0 Å². The molecule has 0 unspecified atom stereocenters. The van der Waals surface area contributed by atoms with E-state index in [4.69, 9.17) is 10.7 Å². The molecule has 1 saturated carbocycles. The number of hydrogen-bond acceptors (Lipinski definition) is 3. The van der Waals surface area contributed by atoms with Crippen LogP contribution in [0.15, 0.2) is 18.2 Å². The van der Waals surface area contributed by atoms with Crippen LogP contribution in [0.3, 0.4) is 0 Å². The maximum atomic E-state index is 9.50. The summed E-state index contributed by atoms with van der Waals surface area (Å²) in [6, 6.07) is 6.29. The van der Waals surface area contributed by atoms with E-state index in [1.165, 1.54) is 0 Å². The molecule has 1 aromatic heterocycles. The molecule has 0 aliphatic heterocycles. The summed E-state index contributed by atoms with van der Waals surface area (Å²) in [7, 11) is 0. The molecular formula is C14H19N3O. The monoisotopic (exact) mass is 245 g/mol. The second kappa shape index (κ2) is 4.28. The van der Waals surface area contributed by atoms with Gasteiger partial charge in [-0.2, -0.15) is 0 Å². The Labute approximate surface area is 106 Å². The highest BCUT2D eigenvalue weighted by molar-refractivity contribution is 5.79. The van der Waals surface area contributed by atoms with Crippen LogP contribution in [0.4, 0.5) is 5.69 Å². The van der Waals surface area contributed by atoms with Gasteiger partial charge in [-0.3, -0.25) is 0 Å². The van der Waals surface area contributed by atoms with Gasteiger partial charge in [0.1, 0.15) is 5.82 Å². The third-order valence-electron chi connectivity index (χ3n) is 3.71. The van der Waals surface area contributed by atoms with Gasteiger partial charge in [-0.1, -0.05) is 6.92 Å². The Hall–Kier alpha value is -1.55. The maximum absolute atomic E-state index is 9.50. The molecular weight excluding hydrogens is 226 g/mol. The lowest BCUT2D eigenvalue weighted by atomic mass is 9.89. The van der Waals surface area contributed by atoms with Crippen molar-refractivity contribution in [3.05, 3.63) is 24.0 Å². The highest BCUT2D eigenvalue weighted by Gasteiger charge is 2.31. The molecule has 3 rings (SSSR count). The van der Waals surface area contributed by atoms with E-state index in [1.54, 1.807) is 0 Å². The summed E-state index contributed by atoms with van der Waals surface area (Å²) in [6.45, 7) is 2.16. The largest absolute Gasteiger partial charge is 0.399 e. The molecule has 4 nitrogen and oxygen atoms in total. The number of nitrogens with zero attached hydrogens (tertiary/aromatic N) is 2. The summed E-state index contributed by atoms with van der Waals surface area (Å²) in [4.78, 5) is 4.69. The van der Waals surface area contributed by atoms with E-state index in [-0.39, 0.29) is 6.10 Å². The number of nitrogens with two attached hydrogens (primary N) is 1. The number of anilines is 1. The molecule has 4 heteroatoms. The Morgan fingerprint density at radius 1 is 1.44 bits per heavy atom. The van der Waals surface area contributed by atoms with Gasteiger partial charge in [0.25, 0.3) is 0 Å². The fourth-order valence-electron chi connectivity index (χ4n) is 2.74. The topological polar surface area (TPSA) is 64.1 Å². The van der Waals surface area contributed by atoms with Gasteiger partial charge in [0.05, 0.1) is 17.1 Å². The number of benzene rings is 1. The molecule has 1 aromatic carbocycles. The minimum absolute atomic E-state index is 0.143. The lowest BCUT2D eigenvalue weighted by Gasteiger charge is -2.34. The molecule has 0 saturated heterocycles. The van der Waals surface area contributed by atoms with Crippen LogP contribution in [0.5, 0.6) is 0 Å². The van der Waals surface area contributed by atoms with Crippen LogP contribution < -0.4 is 5.73 Å². The van der Waals surface area contributed by atoms with Gasteiger partial charge in [-0.05, 0) is 37.5 Å². The number of hydrogen-bond donors (Lipinski definition) is 2. The fraction of sp³-hybridized carbons (Fsp3) is 0.500. The molecule has 18 heavy (non-hydrogen) atoms. The molecule has 1 heterocycles. The van der Waals surface area contributed by atoms with Crippen molar-refractivity contribution in [3.8, 4) is 0 Å². The number of aryl methyl sites for hydroxylation is 1. The predicted octanol–water partition coefficient (Wildman–Crippen LogP) is 2.27. The second-order valence-electron chi connectivity index (χ2n) is 5.18. The number of aliphatic hydroxyl groups excluding tert-OH is 1. The van der Waals surface area contributed by atoms with E-state index in [0.717, 1.165) is 48.2 Å². The van der Waals surface area contributed by atoms with Gasteiger partial charge in [0.2, 0.25) is 0 Å². The number of nitrogen functional groups attached to an aromatic ring is 1. The molecule has 1 aliphatic rings. The first-order chi connectivity index (χ1) is 8.69. The standard InChI is InChI=1S/C14H19N3O/c1-2-3-14-16-12-6-9(15)4-5-13(12)17(14)10-7-11(18)8-10/h4-6,10-11,18H,2-3,7-8,15H2,1H3. The summed E-state index contributed by atoms with van der Waals surface area (Å²) < 4.78 is 2.30. The maximum Gasteiger partial charge on any atom is 0.110 e. The molecule has 1 fully saturated rings. The van der Waals surface area contributed by atoms with E-state index in [2.05, 4.69) is 11.5 Å². The van der Waals surface area contributed by atoms with E-state index in [0.29, 0.717) is 6.04 Å². The van der Waals surface area contributed by atoms with E-state index < -0.39 is 0 Å². The highest BCUT2D eigenvalue weighted by atomic mass is 16.3. The van der Waals surface area contributed by atoms with Crippen LogP contribution in [0.2, 0.25) is 0 Å². The minimum Gasteiger partial charge on any atom is -0.399 e. The Kier molecular flexibility index (Phi) is 2.74. The van der Waals surface area contributed by atoms with Crippen molar-refractivity contribution in [2.24, 2.45) is 0 Å². The van der Waals surface area contributed by atoms with Crippen molar-refractivity contribution in [1.29, 1.82) is 0 Å². The zero-order chi connectivity index (χ0) is 12.7. The molecule has 0 spiro atoms. The average molecular weight is 245 g/mol. The fourth-order valence-corrected chi connectivity index (χ4v) is 2.74. The molecule has 3 N–H and O–H groups in total. The van der Waals surface area contributed by atoms with Crippen molar-refractivity contribution in [2.45, 2.75) is 44.8 Å². The van der Waals surface area contributed by atoms with Gasteiger partial charge >= 0.3 is 0 Å². The van der Waals surface area contributed by atoms with Crippen LogP contribution >= 0.6 is 0 Å². The van der Waals surface area contributed by atoms with Crippen molar-refractivity contribution in [2.75, 3.05) is 5.73 Å². The molecule has 0 radical (unpaired) electrons. The van der Waals surface area contributed by atoms with Gasteiger partial charge < -0.3 is 15.4 Å². The predicted molar refractivity (Wildman–Crippen MR) is 72.4 cm³/mol. The van der Waals surface area contributed by atoms with E-state index in [1.807, 2.05) is 18.2 Å². The Balaban J connectivity index is 2.10. The molecule has 1 aliphatic carbocycles. The average Bonchev–Trinajstić information content (AvgIpc) is 2.62. The second-order valence-corrected chi connectivity index (χ2v) is 5.18. The van der Waals surface area contributed by atoms with Crippen LogP contribution in [0.1, 0.15) is 38.1 Å². The first-order valence-electron chi connectivity index (χ1n) is 6.63. The Morgan fingerprint density at radius 3 is 2.89 bits per heavy atom. The van der Waals surface area contributed by atoms with E-state index in [9.17, 15) is 5.11 Å². The zero-order valence-corrected chi connectivity index (χ0v) is 10.6. The van der Waals surface area contributed by atoms with Crippen molar-refractivity contribution >= 4 is 16.7 Å². The first kappa shape index (κ1) is 11.5. The summed E-state index contributed by atoms with van der Waals surface area (Å²) in [6.07, 6.45) is 3.59. The summed E-state index contributed by atoms with van der Waals surface area (Å²) in [5.41, 5.74) is 8.68. The van der Waals surface area contributed by atoms with Crippen LogP contribution in [0.25, 0.3) is 11.0 Å². The van der Waals surface area contributed by atoms with Crippen molar-refractivity contribution < 1.29 is 5.11 Å².